The molecule has 194 valence electrons. The number of hydrogen-bond donors (Lipinski definition) is 1. The highest BCUT2D eigenvalue weighted by molar-refractivity contribution is 6.46. The average molecular weight is 497 g/mol. The molecule has 0 saturated carbocycles. The number of likely N-dealkylation sites (tertiary alicyclic amines) is 1. The molecule has 1 atom stereocenters. The molecule has 1 N–H and O–H groups in total. The van der Waals surface area contributed by atoms with E-state index < -0.39 is 17.7 Å². The van der Waals surface area contributed by atoms with Crippen molar-refractivity contribution in [1.82, 2.24) is 9.80 Å². The topological polar surface area (TPSA) is 88.5 Å². The van der Waals surface area contributed by atoms with Crippen molar-refractivity contribution in [2.75, 3.05) is 47.5 Å². The molecule has 1 saturated heterocycles. The van der Waals surface area contributed by atoms with Crippen LogP contribution in [0.25, 0.3) is 5.76 Å². The van der Waals surface area contributed by atoms with Gasteiger partial charge < -0.3 is 29.1 Å². The van der Waals surface area contributed by atoms with Crippen LogP contribution in [0.1, 0.15) is 42.1 Å². The number of ketones is 1. The second-order valence-corrected chi connectivity index (χ2v) is 8.80. The van der Waals surface area contributed by atoms with Crippen LogP contribution >= 0.6 is 0 Å². The highest BCUT2D eigenvalue weighted by Gasteiger charge is 2.46. The van der Waals surface area contributed by atoms with Crippen LogP contribution < -0.4 is 14.2 Å². The number of aliphatic hydroxyl groups excluding tert-OH is 1. The van der Waals surface area contributed by atoms with Crippen molar-refractivity contribution < 1.29 is 28.9 Å². The number of nitrogens with zero attached hydrogens (tertiary/aromatic N) is 2. The van der Waals surface area contributed by atoms with E-state index >= 15 is 0 Å². The smallest absolute Gasteiger partial charge is 0.295 e. The molecule has 0 spiro atoms. The summed E-state index contributed by atoms with van der Waals surface area (Å²) in [7, 11) is 4.53. The zero-order valence-electron chi connectivity index (χ0n) is 22.2. The summed E-state index contributed by atoms with van der Waals surface area (Å²) in [6.07, 6.45) is 0. The van der Waals surface area contributed by atoms with Crippen LogP contribution in [0.5, 0.6) is 17.2 Å². The molecule has 1 fully saturated rings. The van der Waals surface area contributed by atoms with Gasteiger partial charge in [0.1, 0.15) is 5.76 Å². The van der Waals surface area contributed by atoms with Gasteiger partial charge in [-0.25, -0.2) is 0 Å². The van der Waals surface area contributed by atoms with E-state index in [0.717, 1.165) is 24.2 Å². The number of rotatable bonds is 10. The molecule has 0 radical (unpaired) electrons. The fraction of sp³-hybridized carbons (Fsp3) is 0.429. The molecule has 3 rings (SSSR count). The standard InChI is InChI=1S/C28H36N2O6/c1-8-29(9-2)12-13-30-24(19-15-21(34-5)27(36-7)22(16-19)35-6)23(26(32)28(30)33)25(31)20-14-17(3)10-11-18(20)4/h10-11,14-16,24,31H,8-9,12-13H2,1-7H3/b25-23+. The third kappa shape index (κ3) is 5.04. The molecule has 0 aromatic heterocycles. The normalized spacial score (nSPS) is 17.1. The van der Waals surface area contributed by atoms with Gasteiger partial charge in [-0.1, -0.05) is 31.5 Å². The first-order chi connectivity index (χ1) is 17.2. The van der Waals surface area contributed by atoms with Crippen molar-refractivity contribution in [3.8, 4) is 17.2 Å². The van der Waals surface area contributed by atoms with E-state index in [4.69, 9.17) is 14.2 Å². The van der Waals surface area contributed by atoms with E-state index in [-0.39, 0.29) is 11.3 Å². The Balaban J connectivity index is 2.26. The summed E-state index contributed by atoms with van der Waals surface area (Å²) in [5, 5.41) is 11.5. The van der Waals surface area contributed by atoms with Crippen LogP contribution in [0.3, 0.4) is 0 Å². The van der Waals surface area contributed by atoms with Crippen molar-refractivity contribution in [1.29, 1.82) is 0 Å². The Morgan fingerprint density at radius 3 is 2.11 bits per heavy atom. The molecule has 1 amide bonds. The molecular formula is C28H36N2O6. The van der Waals surface area contributed by atoms with E-state index in [2.05, 4.69) is 18.7 Å². The van der Waals surface area contributed by atoms with Crippen molar-refractivity contribution in [3.63, 3.8) is 0 Å². The minimum Gasteiger partial charge on any atom is -0.507 e. The summed E-state index contributed by atoms with van der Waals surface area (Å²) >= 11 is 0. The van der Waals surface area contributed by atoms with E-state index in [1.54, 1.807) is 12.1 Å². The molecular weight excluding hydrogens is 460 g/mol. The van der Waals surface area contributed by atoms with Crippen molar-refractivity contribution in [2.24, 2.45) is 0 Å². The largest absolute Gasteiger partial charge is 0.507 e. The SMILES string of the molecule is CCN(CC)CCN1C(=O)C(=O)/C(=C(/O)c2cc(C)ccc2C)C1c1cc(OC)c(OC)c(OC)c1. The Morgan fingerprint density at radius 1 is 0.972 bits per heavy atom. The molecule has 0 bridgehead atoms. The second kappa shape index (κ2) is 11.5. The molecule has 2 aromatic carbocycles. The Hall–Kier alpha value is -3.52. The van der Waals surface area contributed by atoms with Crippen LogP contribution in [0.15, 0.2) is 35.9 Å². The Morgan fingerprint density at radius 2 is 1.58 bits per heavy atom. The van der Waals surface area contributed by atoms with Gasteiger partial charge >= 0.3 is 0 Å². The lowest BCUT2D eigenvalue weighted by molar-refractivity contribution is -0.140. The molecule has 1 unspecified atom stereocenters. The maximum Gasteiger partial charge on any atom is 0.295 e. The monoisotopic (exact) mass is 496 g/mol. The minimum atomic E-state index is -0.825. The van der Waals surface area contributed by atoms with Crippen LogP contribution in [-0.4, -0.2) is 74.1 Å². The van der Waals surface area contributed by atoms with Gasteiger partial charge in [-0.05, 0) is 56.3 Å². The van der Waals surface area contributed by atoms with Crippen molar-refractivity contribution in [3.05, 3.63) is 58.2 Å². The Labute approximate surface area is 213 Å². The first-order valence-electron chi connectivity index (χ1n) is 12.1. The summed E-state index contributed by atoms with van der Waals surface area (Å²) in [5.74, 6) is -0.364. The minimum absolute atomic E-state index is 0.0440. The zero-order valence-corrected chi connectivity index (χ0v) is 22.2. The van der Waals surface area contributed by atoms with Gasteiger partial charge in [0.2, 0.25) is 5.75 Å². The average Bonchev–Trinajstić information content (AvgIpc) is 3.14. The van der Waals surface area contributed by atoms with E-state index in [0.29, 0.717) is 41.5 Å². The zero-order chi connectivity index (χ0) is 26.6. The highest BCUT2D eigenvalue weighted by Crippen LogP contribution is 2.45. The summed E-state index contributed by atoms with van der Waals surface area (Å²) in [6, 6.07) is 8.26. The van der Waals surface area contributed by atoms with Crippen LogP contribution in [-0.2, 0) is 9.59 Å². The molecule has 8 nitrogen and oxygen atoms in total. The second-order valence-electron chi connectivity index (χ2n) is 8.80. The number of aryl methyl sites for hydroxylation is 2. The summed E-state index contributed by atoms with van der Waals surface area (Å²) in [6.45, 7) is 10.4. The van der Waals surface area contributed by atoms with Crippen LogP contribution in [0.2, 0.25) is 0 Å². The highest BCUT2D eigenvalue weighted by atomic mass is 16.5. The Bertz CT molecular complexity index is 1140. The lowest BCUT2D eigenvalue weighted by atomic mass is 9.93. The first-order valence-corrected chi connectivity index (χ1v) is 12.1. The van der Waals surface area contributed by atoms with E-state index in [1.807, 2.05) is 32.0 Å². The number of carbonyl (C=O) groups excluding carboxylic acids is 2. The number of methoxy groups -OCH3 is 3. The third-order valence-corrected chi connectivity index (χ3v) is 6.74. The summed E-state index contributed by atoms with van der Waals surface area (Å²) < 4.78 is 16.5. The van der Waals surface area contributed by atoms with Gasteiger partial charge in [0.05, 0.1) is 32.9 Å². The van der Waals surface area contributed by atoms with Gasteiger partial charge in [0.15, 0.2) is 11.5 Å². The van der Waals surface area contributed by atoms with Gasteiger partial charge in [-0.15, -0.1) is 0 Å². The summed E-state index contributed by atoms with van der Waals surface area (Å²) in [4.78, 5) is 30.5. The van der Waals surface area contributed by atoms with E-state index in [9.17, 15) is 14.7 Å². The van der Waals surface area contributed by atoms with Gasteiger partial charge in [-0.2, -0.15) is 0 Å². The molecule has 8 heteroatoms. The molecule has 1 aliphatic rings. The predicted octanol–water partition coefficient (Wildman–Crippen LogP) is 4.09. The van der Waals surface area contributed by atoms with Gasteiger partial charge in [0.25, 0.3) is 11.7 Å². The number of likely N-dealkylation sites (N-methyl/N-ethyl adjacent to an activating group) is 1. The third-order valence-electron chi connectivity index (χ3n) is 6.74. The van der Waals surface area contributed by atoms with Gasteiger partial charge in [0, 0.05) is 18.7 Å². The number of ether oxygens (including phenoxy) is 3. The maximum absolute atomic E-state index is 13.4. The Kier molecular flexibility index (Phi) is 8.63. The molecule has 0 aliphatic carbocycles. The number of Topliss-reactive ketones (excluding diaryl/α,β-unsaturated/α-hetero) is 1. The molecule has 1 aliphatic heterocycles. The van der Waals surface area contributed by atoms with Gasteiger partial charge in [-0.3, -0.25) is 9.59 Å². The number of benzene rings is 2. The number of hydrogen-bond acceptors (Lipinski definition) is 7. The molecule has 1 heterocycles. The lowest BCUT2D eigenvalue weighted by Gasteiger charge is -2.29. The molecule has 2 aromatic rings. The number of amides is 1. The predicted molar refractivity (Wildman–Crippen MR) is 139 cm³/mol. The number of carbonyl (C=O) groups is 2. The van der Waals surface area contributed by atoms with Crippen LogP contribution in [0.4, 0.5) is 0 Å². The maximum atomic E-state index is 13.4. The first kappa shape index (κ1) is 27.1. The quantitative estimate of drug-likeness (QED) is 0.301. The van der Waals surface area contributed by atoms with Crippen molar-refractivity contribution in [2.45, 2.75) is 33.7 Å². The fourth-order valence-corrected chi connectivity index (χ4v) is 4.64. The van der Waals surface area contributed by atoms with E-state index in [1.165, 1.54) is 26.2 Å². The summed E-state index contributed by atoms with van der Waals surface area (Å²) in [5.41, 5.74) is 2.88. The van der Waals surface area contributed by atoms with Crippen LogP contribution in [0, 0.1) is 13.8 Å². The molecule has 36 heavy (non-hydrogen) atoms. The lowest BCUT2D eigenvalue weighted by Crippen LogP contribution is -2.38. The fourth-order valence-electron chi connectivity index (χ4n) is 4.64. The number of aliphatic hydroxyl groups is 1. The van der Waals surface area contributed by atoms with Crippen molar-refractivity contribution >= 4 is 17.4 Å².